The summed E-state index contributed by atoms with van der Waals surface area (Å²) in [6.45, 7) is 4.46. The van der Waals surface area contributed by atoms with Gasteiger partial charge in [-0.15, -0.1) is 0 Å². The van der Waals surface area contributed by atoms with Gasteiger partial charge < -0.3 is 4.42 Å². The molecule has 4 heteroatoms. The monoisotopic (exact) mass is 364 g/mol. The fraction of sp³-hybridized carbons (Fsp3) is 0.565. The van der Waals surface area contributed by atoms with Gasteiger partial charge in [0.25, 0.3) is 0 Å². The Balaban J connectivity index is 1.55. The number of anilines is 1. The quantitative estimate of drug-likeness (QED) is 0.732. The first-order valence-electron chi connectivity index (χ1n) is 10.3. The van der Waals surface area contributed by atoms with E-state index in [1.54, 1.807) is 12.5 Å². The van der Waals surface area contributed by atoms with Crippen molar-refractivity contribution in [3.63, 3.8) is 0 Å². The van der Waals surface area contributed by atoms with Crippen molar-refractivity contribution in [2.75, 3.05) is 4.90 Å². The first-order chi connectivity index (χ1) is 13.0. The van der Waals surface area contributed by atoms with Crippen LogP contribution in [0.15, 0.2) is 47.2 Å². The average molecular weight is 364 g/mol. The molecule has 3 atom stereocenters. The highest BCUT2D eigenvalue weighted by Crippen LogP contribution is 2.65. The Morgan fingerprint density at radius 2 is 1.96 bits per heavy atom. The lowest BCUT2D eigenvalue weighted by Gasteiger charge is -2.61. The standard InChI is InChI=1S/C23H28N2O2/c1-16(19-6-5-9-27-19)25(20-7-3-4-8-24-20)21(26)23-13-17-10-18(14-23)12-22(2,11-17)15-23/h3-9,16-18H,10-15H2,1-2H3/t16-,17+,18+,22?,23?/m1/s1. The predicted molar refractivity (Wildman–Crippen MR) is 104 cm³/mol. The third-order valence-electron chi connectivity index (χ3n) is 7.26. The van der Waals surface area contributed by atoms with E-state index in [0.29, 0.717) is 17.3 Å². The predicted octanol–water partition coefficient (Wildman–Crippen LogP) is 5.38. The van der Waals surface area contributed by atoms with Crippen LogP contribution in [-0.2, 0) is 4.79 Å². The highest BCUT2D eigenvalue weighted by Gasteiger charge is 2.60. The molecule has 1 amide bonds. The van der Waals surface area contributed by atoms with E-state index in [0.717, 1.165) is 30.8 Å². The maximum Gasteiger partial charge on any atom is 0.235 e. The summed E-state index contributed by atoms with van der Waals surface area (Å²) < 4.78 is 5.66. The molecule has 4 saturated carbocycles. The summed E-state index contributed by atoms with van der Waals surface area (Å²) >= 11 is 0. The van der Waals surface area contributed by atoms with Crippen molar-refractivity contribution < 1.29 is 9.21 Å². The number of pyridine rings is 1. The van der Waals surface area contributed by atoms with Gasteiger partial charge in [-0.25, -0.2) is 4.98 Å². The van der Waals surface area contributed by atoms with Crippen LogP contribution in [0.5, 0.6) is 0 Å². The Morgan fingerprint density at radius 1 is 1.19 bits per heavy atom. The molecule has 2 heterocycles. The number of aromatic nitrogens is 1. The molecule has 0 saturated heterocycles. The van der Waals surface area contributed by atoms with Crippen molar-refractivity contribution in [1.29, 1.82) is 0 Å². The van der Waals surface area contributed by atoms with E-state index in [9.17, 15) is 4.79 Å². The number of hydrogen-bond acceptors (Lipinski definition) is 3. The fourth-order valence-corrected chi connectivity index (χ4v) is 6.86. The van der Waals surface area contributed by atoms with E-state index in [-0.39, 0.29) is 17.4 Å². The largest absolute Gasteiger partial charge is 0.467 e. The van der Waals surface area contributed by atoms with E-state index >= 15 is 0 Å². The molecule has 0 N–H and O–H groups in total. The van der Waals surface area contributed by atoms with E-state index in [4.69, 9.17) is 4.42 Å². The Kier molecular flexibility index (Phi) is 3.75. The Morgan fingerprint density at radius 3 is 2.56 bits per heavy atom. The van der Waals surface area contributed by atoms with Crippen LogP contribution in [0.25, 0.3) is 0 Å². The smallest absolute Gasteiger partial charge is 0.235 e. The number of carbonyl (C=O) groups excluding carboxylic acids is 1. The normalized spacial score (nSPS) is 35.2. The fourth-order valence-electron chi connectivity index (χ4n) is 6.86. The minimum Gasteiger partial charge on any atom is -0.467 e. The van der Waals surface area contributed by atoms with Crippen LogP contribution < -0.4 is 4.90 Å². The summed E-state index contributed by atoms with van der Waals surface area (Å²) in [5.41, 5.74) is 0.112. The van der Waals surface area contributed by atoms with Crippen LogP contribution in [0.4, 0.5) is 5.82 Å². The van der Waals surface area contributed by atoms with Gasteiger partial charge in [-0.1, -0.05) is 13.0 Å². The number of furan rings is 1. The molecule has 27 heavy (non-hydrogen) atoms. The molecular weight excluding hydrogens is 336 g/mol. The Hall–Kier alpha value is -2.10. The Labute approximate surface area is 161 Å². The van der Waals surface area contributed by atoms with E-state index in [1.807, 2.05) is 42.2 Å². The lowest BCUT2D eigenvalue weighted by atomic mass is 9.44. The molecular formula is C23H28N2O2. The zero-order valence-corrected chi connectivity index (χ0v) is 16.2. The number of hydrogen-bond donors (Lipinski definition) is 0. The number of amides is 1. The van der Waals surface area contributed by atoms with Crippen molar-refractivity contribution in [2.45, 2.75) is 58.4 Å². The minimum atomic E-state index is -0.225. The second-order valence-corrected chi connectivity index (χ2v) is 9.61. The first-order valence-corrected chi connectivity index (χ1v) is 10.3. The van der Waals surface area contributed by atoms with Gasteiger partial charge in [0.2, 0.25) is 5.91 Å². The van der Waals surface area contributed by atoms with Gasteiger partial charge in [0.15, 0.2) is 0 Å². The lowest BCUT2D eigenvalue weighted by Crippen LogP contribution is -2.58. The molecule has 4 aliphatic rings. The van der Waals surface area contributed by atoms with Gasteiger partial charge in [0, 0.05) is 6.20 Å². The van der Waals surface area contributed by atoms with E-state index in [2.05, 4.69) is 11.9 Å². The highest BCUT2D eigenvalue weighted by atomic mass is 16.3. The summed E-state index contributed by atoms with van der Waals surface area (Å²) in [6, 6.07) is 9.48. The highest BCUT2D eigenvalue weighted by molar-refractivity contribution is 5.97. The molecule has 4 bridgehead atoms. The molecule has 0 aliphatic heterocycles. The lowest BCUT2D eigenvalue weighted by molar-refractivity contribution is -0.153. The molecule has 4 aliphatic carbocycles. The molecule has 142 valence electrons. The number of nitrogens with zero attached hydrogens (tertiary/aromatic N) is 2. The second-order valence-electron chi connectivity index (χ2n) is 9.61. The Bertz CT molecular complexity index is 815. The van der Waals surface area contributed by atoms with Crippen LogP contribution in [-0.4, -0.2) is 10.9 Å². The summed E-state index contributed by atoms with van der Waals surface area (Å²) in [7, 11) is 0. The van der Waals surface area contributed by atoms with Gasteiger partial charge >= 0.3 is 0 Å². The van der Waals surface area contributed by atoms with Gasteiger partial charge in [-0.2, -0.15) is 0 Å². The van der Waals surface area contributed by atoms with Crippen molar-refractivity contribution in [2.24, 2.45) is 22.7 Å². The molecule has 0 unspecified atom stereocenters. The van der Waals surface area contributed by atoms with Gasteiger partial charge in [0.1, 0.15) is 11.6 Å². The van der Waals surface area contributed by atoms with E-state index < -0.39 is 0 Å². The molecule has 4 nitrogen and oxygen atoms in total. The molecule has 2 aromatic rings. The molecule has 6 rings (SSSR count). The first kappa shape index (κ1) is 17.0. The van der Waals surface area contributed by atoms with Gasteiger partial charge in [-0.05, 0) is 87.0 Å². The topological polar surface area (TPSA) is 46.3 Å². The SMILES string of the molecule is C[C@H](c1ccco1)N(C(=O)C12C[C@H]3C[C@@H](CC(C)(C3)C1)C2)c1ccccn1. The van der Waals surface area contributed by atoms with Crippen molar-refractivity contribution >= 4 is 11.7 Å². The second kappa shape index (κ2) is 5.95. The number of carbonyl (C=O) groups is 1. The minimum absolute atomic E-state index is 0.164. The van der Waals surface area contributed by atoms with Gasteiger partial charge in [0.05, 0.1) is 17.7 Å². The number of rotatable bonds is 4. The zero-order valence-electron chi connectivity index (χ0n) is 16.2. The summed E-state index contributed by atoms with van der Waals surface area (Å²) in [5, 5.41) is 0. The summed E-state index contributed by atoms with van der Waals surface area (Å²) in [6.07, 6.45) is 10.5. The third-order valence-corrected chi connectivity index (χ3v) is 7.26. The third kappa shape index (κ3) is 2.72. The average Bonchev–Trinajstić information content (AvgIpc) is 3.15. The summed E-state index contributed by atoms with van der Waals surface area (Å²) in [5.74, 6) is 3.22. The van der Waals surface area contributed by atoms with Crippen molar-refractivity contribution in [3.05, 3.63) is 48.6 Å². The van der Waals surface area contributed by atoms with Crippen molar-refractivity contribution in [3.8, 4) is 0 Å². The summed E-state index contributed by atoms with van der Waals surface area (Å²) in [4.78, 5) is 20.6. The maximum atomic E-state index is 14.1. The molecule has 0 radical (unpaired) electrons. The van der Waals surface area contributed by atoms with Crippen LogP contribution in [0.1, 0.15) is 64.2 Å². The van der Waals surface area contributed by atoms with E-state index in [1.165, 1.54) is 19.3 Å². The van der Waals surface area contributed by atoms with Gasteiger partial charge in [-0.3, -0.25) is 9.69 Å². The molecule has 0 aromatic carbocycles. The molecule has 2 aromatic heterocycles. The maximum absolute atomic E-state index is 14.1. The molecule has 0 spiro atoms. The van der Waals surface area contributed by atoms with Crippen LogP contribution in [0.3, 0.4) is 0 Å². The van der Waals surface area contributed by atoms with Crippen LogP contribution >= 0.6 is 0 Å². The van der Waals surface area contributed by atoms with Crippen molar-refractivity contribution in [1.82, 2.24) is 4.98 Å². The van der Waals surface area contributed by atoms with Crippen LogP contribution in [0.2, 0.25) is 0 Å². The molecule has 4 fully saturated rings. The van der Waals surface area contributed by atoms with Crippen LogP contribution in [0, 0.1) is 22.7 Å². The zero-order chi connectivity index (χ0) is 18.6.